The highest BCUT2D eigenvalue weighted by Crippen LogP contribution is 2.33. The van der Waals surface area contributed by atoms with E-state index in [1.165, 1.54) is 24.4 Å². The molecule has 2 aromatic carbocycles. The van der Waals surface area contributed by atoms with Crippen molar-refractivity contribution in [1.29, 1.82) is 0 Å². The van der Waals surface area contributed by atoms with E-state index in [9.17, 15) is 9.90 Å². The highest BCUT2D eigenvalue weighted by atomic mass is 35.5. The number of phenols is 1. The molecule has 0 bridgehead atoms. The third kappa shape index (κ3) is 5.69. The van der Waals surface area contributed by atoms with Gasteiger partial charge in [0.2, 0.25) is 0 Å². The number of nitrogens with one attached hydrogen (secondary N) is 1. The van der Waals surface area contributed by atoms with E-state index in [2.05, 4.69) is 10.5 Å². The minimum absolute atomic E-state index is 0.0277. The molecule has 138 valence electrons. The summed E-state index contributed by atoms with van der Waals surface area (Å²) in [7, 11) is 0. The first kappa shape index (κ1) is 20.2. The second-order valence-electron chi connectivity index (χ2n) is 4.94. The smallest absolute Gasteiger partial charge is 0.277 e. The topological polar surface area (TPSA) is 80.2 Å². The number of hydrogen-bond donors (Lipinski definition) is 2. The van der Waals surface area contributed by atoms with Crippen LogP contribution < -0.4 is 14.9 Å². The van der Waals surface area contributed by atoms with Gasteiger partial charge >= 0.3 is 0 Å². The molecule has 2 rings (SSSR count). The van der Waals surface area contributed by atoms with Crippen molar-refractivity contribution >= 4 is 46.9 Å². The molecule has 0 saturated carbocycles. The summed E-state index contributed by atoms with van der Waals surface area (Å²) < 4.78 is 10.6. The van der Waals surface area contributed by atoms with Gasteiger partial charge in [-0.15, -0.1) is 0 Å². The van der Waals surface area contributed by atoms with Gasteiger partial charge in [0.05, 0.1) is 27.9 Å². The van der Waals surface area contributed by atoms with E-state index in [0.29, 0.717) is 22.9 Å². The van der Waals surface area contributed by atoms with Gasteiger partial charge in [-0.1, -0.05) is 34.8 Å². The van der Waals surface area contributed by atoms with Crippen molar-refractivity contribution in [2.45, 2.75) is 6.92 Å². The molecule has 0 aliphatic rings. The van der Waals surface area contributed by atoms with Crippen LogP contribution in [0.15, 0.2) is 35.4 Å². The molecule has 0 heterocycles. The van der Waals surface area contributed by atoms with Gasteiger partial charge in [-0.2, -0.15) is 5.10 Å². The maximum absolute atomic E-state index is 11.8. The molecule has 0 unspecified atom stereocenters. The van der Waals surface area contributed by atoms with E-state index in [-0.39, 0.29) is 28.2 Å². The number of hydrogen-bond acceptors (Lipinski definition) is 5. The van der Waals surface area contributed by atoms with Gasteiger partial charge in [0, 0.05) is 6.07 Å². The molecule has 0 radical (unpaired) electrons. The number of carbonyl (C=O) groups is 1. The normalized spacial score (nSPS) is 10.8. The molecule has 2 N–H and O–H groups in total. The maximum atomic E-state index is 11.8. The van der Waals surface area contributed by atoms with Crippen LogP contribution in [-0.4, -0.2) is 30.4 Å². The first-order valence-electron chi connectivity index (χ1n) is 7.45. The van der Waals surface area contributed by atoms with E-state index < -0.39 is 5.91 Å². The monoisotopic (exact) mass is 416 g/mol. The Morgan fingerprint density at radius 2 is 1.85 bits per heavy atom. The van der Waals surface area contributed by atoms with E-state index in [1.54, 1.807) is 19.1 Å². The summed E-state index contributed by atoms with van der Waals surface area (Å²) in [6.45, 7) is 1.91. The molecule has 0 saturated heterocycles. The van der Waals surface area contributed by atoms with Gasteiger partial charge in [0.1, 0.15) is 5.75 Å². The van der Waals surface area contributed by atoms with Gasteiger partial charge < -0.3 is 14.6 Å². The Bertz CT molecular complexity index is 828. The number of rotatable bonds is 7. The maximum Gasteiger partial charge on any atom is 0.277 e. The van der Waals surface area contributed by atoms with Crippen molar-refractivity contribution in [3.05, 3.63) is 51.0 Å². The minimum atomic E-state index is -0.493. The lowest BCUT2D eigenvalue weighted by Gasteiger charge is -2.08. The summed E-state index contributed by atoms with van der Waals surface area (Å²) in [4.78, 5) is 11.8. The quantitative estimate of drug-likeness (QED) is 0.400. The predicted molar refractivity (Wildman–Crippen MR) is 102 cm³/mol. The Kier molecular flexibility index (Phi) is 7.38. The lowest BCUT2D eigenvalue weighted by Crippen LogP contribution is -2.24. The number of benzene rings is 2. The van der Waals surface area contributed by atoms with Crippen molar-refractivity contribution in [3.8, 4) is 17.2 Å². The van der Waals surface area contributed by atoms with Gasteiger partial charge in [-0.25, -0.2) is 5.43 Å². The fourth-order valence-electron chi connectivity index (χ4n) is 1.85. The summed E-state index contributed by atoms with van der Waals surface area (Å²) in [6, 6.07) is 7.55. The summed E-state index contributed by atoms with van der Waals surface area (Å²) in [5.74, 6) is 0.104. The molecule has 2 aromatic rings. The van der Waals surface area contributed by atoms with Crippen molar-refractivity contribution in [3.63, 3.8) is 0 Å². The molecule has 0 fully saturated rings. The van der Waals surface area contributed by atoms with Crippen LogP contribution in [0.5, 0.6) is 17.2 Å². The zero-order chi connectivity index (χ0) is 19.1. The highest BCUT2D eigenvalue weighted by molar-refractivity contribution is 6.43. The number of ether oxygens (including phenoxy) is 2. The first-order valence-corrected chi connectivity index (χ1v) is 8.59. The summed E-state index contributed by atoms with van der Waals surface area (Å²) in [6.07, 6.45) is 1.41. The molecule has 0 aliphatic carbocycles. The molecule has 6 nitrogen and oxygen atoms in total. The Hall–Kier alpha value is -2.15. The first-order chi connectivity index (χ1) is 12.4. The molecule has 9 heteroatoms. The Morgan fingerprint density at radius 3 is 2.58 bits per heavy atom. The van der Waals surface area contributed by atoms with Crippen LogP contribution in [0, 0.1) is 0 Å². The summed E-state index contributed by atoms with van der Waals surface area (Å²) in [5.41, 5.74) is 2.95. The lowest BCUT2D eigenvalue weighted by molar-refractivity contribution is -0.123. The molecule has 0 spiro atoms. The zero-order valence-corrected chi connectivity index (χ0v) is 15.9. The highest BCUT2D eigenvalue weighted by Gasteiger charge is 2.09. The Balaban J connectivity index is 1.90. The van der Waals surface area contributed by atoms with Crippen molar-refractivity contribution < 1.29 is 19.4 Å². The zero-order valence-electron chi connectivity index (χ0n) is 13.6. The Morgan fingerprint density at radius 1 is 1.12 bits per heavy atom. The van der Waals surface area contributed by atoms with Crippen LogP contribution in [0.4, 0.5) is 0 Å². The number of halogens is 3. The lowest BCUT2D eigenvalue weighted by atomic mass is 10.2. The average Bonchev–Trinajstić information content (AvgIpc) is 2.60. The third-order valence-corrected chi connectivity index (χ3v) is 4.04. The van der Waals surface area contributed by atoms with Crippen molar-refractivity contribution in [2.24, 2.45) is 5.10 Å². The van der Waals surface area contributed by atoms with Crippen LogP contribution in [0.1, 0.15) is 12.5 Å². The fourth-order valence-corrected chi connectivity index (χ4v) is 2.44. The number of nitrogens with zero attached hydrogens (tertiary/aromatic N) is 1. The second kappa shape index (κ2) is 9.52. The van der Waals surface area contributed by atoms with Crippen LogP contribution in [-0.2, 0) is 4.79 Å². The molecule has 26 heavy (non-hydrogen) atoms. The van der Waals surface area contributed by atoms with E-state index in [1.807, 2.05) is 0 Å². The molecule has 1 amide bonds. The standard InChI is InChI=1S/C17H15Cl3N2O4/c1-2-25-16-5-10(3-4-14(16)23)8-21-22-17(24)9-26-15-7-12(19)11(18)6-13(15)20/h3-8,23H,2,9H2,1H3,(H,22,24). The van der Waals surface area contributed by atoms with Gasteiger partial charge in [-0.05, 0) is 36.8 Å². The Labute approximate surface area is 165 Å². The number of hydrazone groups is 1. The third-order valence-electron chi connectivity index (χ3n) is 3.02. The van der Waals surface area contributed by atoms with Gasteiger partial charge in [0.15, 0.2) is 18.1 Å². The molecule has 0 aliphatic heterocycles. The van der Waals surface area contributed by atoms with E-state index >= 15 is 0 Å². The van der Waals surface area contributed by atoms with Crippen molar-refractivity contribution in [1.82, 2.24) is 5.43 Å². The van der Waals surface area contributed by atoms with Gasteiger partial charge in [-0.3, -0.25) is 4.79 Å². The van der Waals surface area contributed by atoms with Gasteiger partial charge in [0.25, 0.3) is 5.91 Å². The SMILES string of the molecule is CCOc1cc(C=NNC(=O)COc2cc(Cl)c(Cl)cc2Cl)ccc1O. The van der Waals surface area contributed by atoms with Crippen molar-refractivity contribution in [2.75, 3.05) is 13.2 Å². The average molecular weight is 418 g/mol. The predicted octanol–water partition coefficient (Wildman–Crippen LogP) is 4.28. The number of carbonyl (C=O) groups excluding carboxylic acids is 1. The van der Waals surface area contributed by atoms with Crippen LogP contribution in [0.2, 0.25) is 15.1 Å². The largest absolute Gasteiger partial charge is 0.504 e. The number of phenolic OH excluding ortho intramolecular Hbond substituents is 1. The summed E-state index contributed by atoms with van der Waals surface area (Å²) in [5, 5.41) is 14.2. The van der Waals surface area contributed by atoms with Crippen LogP contribution in [0.3, 0.4) is 0 Å². The number of amides is 1. The molecular weight excluding hydrogens is 403 g/mol. The minimum Gasteiger partial charge on any atom is -0.504 e. The van der Waals surface area contributed by atoms with Crippen LogP contribution in [0.25, 0.3) is 0 Å². The summed E-state index contributed by atoms with van der Waals surface area (Å²) >= 11 is 17.7. The molecule has 0 atom stereocenters. The van der Waals surface area contributed by atoms with E-state index in [4.69, 9.17) is 44.3 Å². The fraction of sp³-hybridized carbons (Fsp3) is 0.176. The van der Waals surface area contributed by atoms with E-state index in [0.717, 1.165) is 0 Å². The molecule has 0 aromatic heterocycles. The molecular formula is C17H15Cl3N2O4. The van der Waals surface area contributed by atoms with Crippen LogP contribution >= 0.6 is 34.8 Å². The number of aromatic hydroxyl groups is 1. The second-order valence-corrected chi connectivity index (χ2v) is 6.16.